The molecule has 7 nitrogen and oxygen atoms in total. The van der Waals surface area contributed by atoms with Crippen LogP contribution in [0.5, 0.6) is 0 Å². The first-order valence-electron chi connectivity index (χ1n) is 4.88. The average molecular weight is 234 g/mol. The maximum absolute atomic E-state index is 11.0. The molecular formula is C10H8N3O4-. The summed E-state index contributed by atoms with van der Waals surface area (Å²) < 4.78 is 0. The second-order valence-corrected chi connectivity index (χ2v) is 3.40. The molecule has 88 valence electrons. The quantitative estimate of drug-likeness (QED) is 0.550. The van der Waals surface area contributed by atoms with E-state index in [1.807, 2.05) is 0 Å². The first kappa shape index (κ1) is 11.1. The van der Waals surface area contributed by atoms with Crippen molar-refractivity contribution < 1.29 is 14.8 Å². The third kappa shape index (κ3) is 1.94. The van der Waals surface area contributed by atoms with Crippen molar-refractivity contribution in [2.75, 3.05) is 13.1 Å². The SMILES string of the molecule is O=C([O-])c1c(C2=NCCN2)cccc1[N+](=O)[O-]. The van der Waals surface area contributed by atoms with Crippen LogP contribution in [0.3, 0.4) is 0 Å². The Morgan fingerprint density at radius 3 is 2.76 bits per heavy atom. The van der Waals surface area contributed by atoms with Crippen LogP contribution < -0.4 is 10.4 Å². The van der Waals surface area contributed by atoms with Crippen LogP contribution in [0.4, 0.5) is 5.69 Å². The highest BCUT2D eigenvalue weighted by atomic mass is 16.6. The molecule has 0 amide bonds. The molecule has 0 aliphatic carbocycles. The number of nitro benzene ring substituents is 1. The molecule has 1 heterocycles. The van der Waals surface area contributed by atoms with Gasteiger partial charge in [0.2, 0.25) is 0 Å². The predicted octanol–water partition coefficient (Wildman–Crippen LogP) is -0.692. The van der Waals surface area contributed by atoms with Crippen LogP contribution in [0, 0.1) is 10.1 Å². The fourth-order valence-electron chi connectivity index (χ4n) is 1.68. The summed E-state index contributed by atoms with van der Waals surface area (Å²) in [4.78, 5) is 25.0. The summed E-state index contributed by atoms with van der Waals surface area (Å²) in [7, 11) is 0. The van der Waals surface area contributed by atoms with Crippen molar-refractivity contribution in [3.8, 4) is 0 Å². The Bertz CT molecular complexity index is 524. The van der Waals surface area contributed by atoms with Crippen LogP contribution in [0.1, 0.15) is 15.9 Å². The van der Waals surface area contributed by atoms with E-state index < -0.39 is 22.1 Å². The number of aromatic carboxylic acids is 1. The lowest BCUT2D eigenvalue weighted by atomic mass is 10.0. The summed E-state index contributed by atoms with van der Waals surface area (Å²) in [5.74, 6) is -1.23. The second kappa shape index (κ2) is 4.20. The minimum Gasteiger partial charge on any atom is -0.545 e. The van der Waals surface area contributed by atoms with E-state index in [2.05, 4.69) is 10.3 Å². The molecule has 0 bridgehead atoms. The lowest BCUT2D eigenvalue weighted by Gasteiger charge is -2.10. The summed E-state index contributed by atoms with van der Waals surface area (Å²) in [5.41, 5.74) is -0.735. The van der Waals surface area contributed by atoms with E-state index in [-0.39, 0.29) is 5.56 Å². The number of nitrogens with zero attached hydrogens (tertiary/aromatic N) is 2. The Hall–Kier alpha value is -2.44. The van der Waals surface area contributed by atoms with Crippen molar-refractivity contribution in [1.29, 1.82) is 0 Å². The van der Waals surface area contributed by atoms with Crippen molar-refractivity contribution in [1.82, 2.24) is 5.32 Å². The Kier molecular flexibility index (Phi) is 2.73. The number of nitrogens with one attached hydrogen (secondary N) is 1. The molecule has 0 fully saturated rings. The van der Waals surface area contributed by atoms with Crippen molar-refractivity contribution in [3.63, 3.8) is 0 Å². The van der Waals surface area contributed by atoms with Crippen LogP contribution in [0.2, 0.25) is 0 Å². The van der Waals surface area contributed by atoms with Gasteiger partial charge in [0, 0.05) is 18.2 Å². The van der Waals surface area contributed by atoms with E-state index in [1.54, 1.807) is 0 Å². The highest BCUT2D eigenvalue weighted by Gasteiger charge is 2.22. The molecule has 0 aromatic heterocycles. The van der Waals surface area contributed by atoms with Gasteiger partial charge in [-0.15, -0.1) is 0 Å². The number of amidine groups is 1. The minimum atomic E-state index is -1.58. The Morgan fingerprint density at radius 1 is 1.47 bits per heavy atom. The van der Waals surface area contributed by atoms with Crippen LogP contribution in [0.25, 0.3) is 0 Å². The lowest BCUT2D eigenvalue weighted by molar-refractivity contribution is -0.385. The Balaban J connectivity index is 2.62. The zero-order chi connectivity index (χ0) is 12.4. The third-order valence-electron chi connectivity index (χ3n) is 2.37. The molecular weight excluding hydrogens is 226 g/mol. The summed E-state index contributed by atoms with van der Waals surface area (Å²) >= 11 is 0. The number of carboxylic acids is 1. The third-order valence-corrected chi connectivity index (χ3v) is 2.37. The molecule has 0 saturated heterocycles. The molecule has 1 aromatic carbocycles. The van der Waals surface area contributed by atoms with E-state index in [0.717, 1.165) is 6.07 Å². The number of benzene rings is 1. The standard InChI is InChI=1S/C10H9N3O4/c14-10(15)8-6(9-11-4-5-12-9)2-1-3-7(8)13(16)17/h1-3H,4-5H2,(H,11,12)(H,14,15)/p-1. The number of carbonyl (C=O) groups excluding carboxylic acids is 1. The molecule has 2 rings (SSSR count). The van der Waals surface area contributed by atoms with Crippen molar-refractivity contribution in [2.24, 2.45) is 4.99 Å². The van der Waals surface area contributed by atoms with Crippen molar-refractivity contribution >= 4 is 17.5 Å². The number of hydrogen-bond acceptors (Lipinski definition) is 6. The summed E-state index contributed by atoms with van der Waals surface area (Å²) in [6.45, 7) is 1.11. The maximum atomic E-state index is 11.0. The zero-order valence-electron chi connectivity index (χ0n) is 8.67. The molecule has 0 radical (unpaired) electrons. The Labute approximate surface area is 95.9 Å². The molecule has 17 heavy (non-hydrogen) atoms. The minimum absolute atomic E-state index is 0.191. The summed E-state index contributed by atoms with van der Waals surface area (Å²) in [6.07, 6.45) is 0. The van der Waals surface area contributed by atoms with Gasteiger partial charge in [-0.2, -0.15) is 0 Å². The normalized spacial score (nSPS) is 14.0. The summed E-state index contributed by atoms with van der Waals surface area (Å²) in [5, 5.41) is 24.6. The van der Waals surface area contributed by atoms with Gasteiger partial charge >= 0.3 is 0 Å². The van der Waals surface area contributed by atoms with Gasteiger partial charge in [0.1, 0.15) is 5.84 Å². The van der Waals surface area contributed by atoms with E-state index in [9.17, 15) is 20.0 Å². The molecule has 1 aromatic rings. The highest BCUT2D eigenvalue weighted by molar-refractivity contribution is 6.09. The van der Waals surface area contributed by atoms with Gasteiger partial charge in [-0.05, 0) is 0 Å². The van der Waals surface area contributed by atoms with Gasteiger partial charge in [-0.25, -0.2) is 0 Å². The molecule has 1 N–H and O–H groups in total. The van der Waals surface area contributed by atoms with E-state index in [1.165, 1.54) is 12.1 Å². The van der Waals surface area contributed by atoms with Gasteiger partial charge in [0.15, 0.2) is 0 Å². The molecule has 0 atom stereocenters. The van der Waals surface area contributed by atoms with Gasteiger partial charge in [-0.3, -0.25) is 15.1 Å². The van der Waals surface area contributed by atoms with Gasteiger partial charge < -0.3 is 15.2 Å². The van der Waals surface area contributed by atoms with Gasteiger partial charge in [-0.1, -0.05) is 12.1 Å². The summed E-state index contributed by atoms with van der Waals surface area (Å²) in [6, 6.07) is 4.02. The molecule has 0 spiro atoms. The molecule has 0 saturated carbocycles. The monoisotopic (exact) mass is 234 g/mol. The van der Waals surface area contributed by atoms with E-state index in [0.29, 0.717) is 18.9 Å². The van der Waals surface area contributed by atoms with Gasteiger partial charge in [0.05, 0.1) is 23.0 Å². The Morgan fingerprint density at radius 2 is 2.24 bits per heavy atom. The highest BCUT2D eigenvalue weighted by Crippen LogP contribution is 2.22. The van der Waals surface area contributed by atoms with Gasteiger partial charge in [0.25, 0.3) is 5.69 Å². The van der Waals surface area contributed by atoms with E-state index in [4.69, 9.17) is 0 Å². The second-order valence-electron chi connectivity index (χ2n) is 3.40. The maximum Gasteiger partial charge on any atom is 0.279 e. The van der Waals surface area contributed by atoms with Crippen LogP contribution in [-0.4, -0.2) is 29.8 Å². The lowest BCUT2D eigenvalue weighted by Crippen LogP contribution is -2.29. The first-order valence-corrected chi connectivity index (χ1v) is 4.88. The van der Waals surface area contributed by atoms with Crippen LogP contribution in [-0.2, 0) is 0 Å². The molecule has 1 aliphatic heterocycles. The number of hydrogen-bond donors (Lipinski definition) is 1. The van der Waals surface area contributed by atoms with Crippen molar-refractivity contribution in [2.45, 2.75) is 0 Å². The number of rotatable bonds is 3. The number of carboxylic acid groups (broad SMARTS) is 1. The number of aliphatic imine (C=N–C) groups is 1. The number of carbonyl (C=O) groups is 1. The smallest absolute Gasteiger partial charge is 0.279 e. The molecule has 1 aliphatic rings. The van der Waals surface area contributed by atoms with E-state index >= 15 is 0 Å². The largest absolute Gasteiger partial charge is 0.545 e. The van der Waals surface area contributed by atoms with Crippen LogP contribution >= 0.6 is 0 Å². The first-order chi connectivity index (χ1) is 8.11. The average Bonchev–Trinajstić information content (AvgIpc) is 2.81. The fourth-order valence-corrected chi connectivity index (χ4v) is 1.68. The number of nitro groups is 1. The van der Waals surface area contributed by atoms with Crippen molar-refractivity contribution in [3.05, 3.63) is 39.4 Å². The molecule has 7 heteroatoms. The zero-order valence-corrected chi connectivity index (χ0v) is 8.67. The molecule has 0 unspecified atom stereocenters. The topological polar surface area (TPSA) is 108 Å². The fraction of sp³-hybridized carbons (Fsp3) is 0.200. The van der Waals surface area contributed by atoms with Crippen LogP contribution in [0.15, 0.2) is 23.2 Å². The predicted molar refractivity (Wildman–Crippen MR) is 56.8 cm³/mol.